The second-order valence-electron chi connectivity index (χ2n) is 1.82. The van der Waals surface area contributed by atoms with Crippen LogP contribution in [-0.2, 0) is 6.54 Å². The van der Waals surface area contributed by atoms with E-state index < -0.39 is 6.67 Å². The number of hydrogen-bond acceptors (Lipinski definition) is 2. The van der Waals surface area contributed by atoms with Gasteiger partial charge in [0, 0.05) is 0 Å². The molecular weight excluding hydrogens is 135 g/mol. The molecule has 1 aromatic rings. The molecule has 3 nitrogen and oxygen atoms in total. The van der Waals surface area contributed by atoms with Crippen LogP contribution in [0.4, 0.5) is 4.39 Å². The van der Waals surface area contributed by atoms with Gasteiger partial charge in [-0.05, 0) is 0 Å². The van der Waals surface area contributed by atoms with Crippen molar-refractivity contribution >= 4 is 6.29 Å². The minimum Gasteiger partial charge on any atom is -0.326 e. The summed E-state index contributed by atoms with van der Waals surface area (Å²) in [4.78, 5) is 13.9. The van der Waals surface area contributed by atoms with Crippen molar-refractivity contribution in [3.63, 3.8) is 0 Å². The van der Waals surface area contributed by atoms with Crippen molar-refractivity contribution < 1.29 is 9.18 Å². The van der Waals surface area contributed by atoms with Gasteiger partial charge in [-0.15, -0.1) is 0 Å². The van der Waals surface area contributed by atoms with E-state index in [-0.39, 0.29) is 6.54 Å². The quantitative estimate of drug-likeness (QED) is 0.581. The zero-order valence-electron chi connectivity index (χ0n) is 5.33. The topological polar surface area (TPSA) is 34.9 Å². The normalized spacial score (nSPS) is 9.70. The largest absolute Gasteiger partial charge is 0.326 e. The van der Waals surface area contributed by atoms with Gasteiger partial charge in [0.05, 0.1) is 19.1 Å². The number of aryl methyl sites for hydroxylation is 1. The van der Waals surface area contributed by atoms with E-state index in [9.17, 15) is 9.18 Å². The van der Waals surface area contributed by atoms with Crippen LogP contribution in [0.1, 0.15) is 10.5 Å². The Morgan fingerprint density at radius 1 is 1.80 bits per heavy atom. The van der Waals surface area contributed by atoms with E-state index in [1.165, 1.54) is 17.1 Å². The van der Waals surface area contributed by atoms with Gasteiger partial charge in [0.1, 0.15) is 12.4 Å². The molecule has 4 heteroatoms. The summed E-state index contributed by atoms with van der Waals surface area (Å²) >= 11 is 0. The number of aromatic nitrogens is 2. The smallest absolute Gasteiger partial charge is 0.168 e. The summed E-state index contributed by atoms with van der Waals surface area (Å²) in [5.74, 6) is 0. The van der Waals surface area contributed by atoms with Gasteiger partial charge in [0.15, 0.2) is 6.29 Å². The fraction of sp³-hybridized carbons (Fsp3) is 0.333. The lowest BCUT2D eigenvalue weighted by molar-refractivity contribution is 0.111. The number of rotatable bonds is 3. The lowest BCUT2D eigenvalue weighted by Gasteiger charge is -1.96. The van der Waals surface area contributed by atoms with Crippen molar-refractivity contribution in [2.45, 2.75) is 6.54 Å². The molecule has 0 amide bonds. The molecule has 0 fully saturated rings. The molecule has 1 heterocycles. The first kappa shape index (κ1) is 6.92. The van der Waals surface area contributed by atoms with Gasteiger partial charge in [-0.25, -0.2) is 9.37 Å². The number of aldehydes is 1. The third kappa shape index (κ3) is 1.21. The van der Waals surface area contributed by atoms with E-state index >= 15 is 0 Å². The molecule has 54 valence electrons. The van der Waals surface area contributed by atoms with Crippen LogP contribution < -0.4 is 0 Å². The van der Waals surface area contributed by atoms with E-state index in [4.69, 9.17) is 0 Å². The molecule has 1 aromatic heterocycles. The van der Waals surface area contributed by atoms with Crippen molar-refractivity contribution in [3.05, 3.63) is 18.2 Å². The van der Waals surface area contributed by atoms with E-state index in [1.807, 2.05) is 0 Å². The third-order valence-electron chi connectivity index (χ3n) is 1.19. The maximum Gasteiger partial charge on any atom is 0.168 e. The summed E-state index contributed by atoms with van der Waals surface area (Å²) < 4.78 is 13.2. The summed E-state index contributed by atoms with van der Waals surface area (Å²) in [5.41, 5.74) is 0.414. The highest BCUT2D eigenvalue weighted by molar-refractivity contribution is 5.71. The molecule has 0 aromatic carbocycles. The highest BCUT2D eigenvalue weighted by Crippen LogP contribution is 1.94. The molecule has 0 saturated carbocycles. The Kier molecular flexibility index (Phi) is 2.15. The molecule has 0 bridgehead atoms. The van der Waals surface area contributed by atoms with E-state index in [2.05, 4.69) is 4.98 Å². The van der Waals surface area contributed by atoms with Crippen LogP contribution in [0.2, 0.25) is 0 Å². The summed E-state index contributed by atoms with van der Waals surface area (Å²) in [5, 5.41) is 0. The van der Waals surface area contributed by atoms with Crippen molar-refractivity contribution in [2.75, 3.05) is 6.67 Å². The van der Waals surface area contributed by atoms with Gasteiger partial charge in [0.25, 0.3) is 0 Å². The van der Waals surface area contributed by atoms with Crippen LogP contribution >= 0.6 is 0 Å². The Bertz CT molecular complexity index is 221. The Labute approximate surface area is 57.5 Å². The fourth-order valence-corrected chi connectivity index (χ4v) is 0.707. The molecule has 0 aliphatic carbocycles. The molecule has 0 saturated heterocycles. The highest BCUT2D eigenvalue weighted by atomic mass is 19.1. The second-order valence-corrected chi connectivity index (χ2v) is 1.82. The van der Waals surface area contributed by atoms with Gasteiger partial charge in [-0.1, -0.05) is 0 Å². The monoisotopic (exact) mass is 142 g/mol. The molecule has 1 rings (SSSR count). The summed E-state index contributed by atoms with van der Waals surface area (Å²) in [6.45, 7) is -0.273. The molecule has 0 aliphatic rings. The van der Waals surface area contributed by atoms with E-state index in [1.54, 1.807) is 0 Å². The zero-order valence-corrected chi connectivity index (χ0v) is 5.33. The summed E-state index contributed by atoms with van der Waals surface area (Å²) in [6, 6.07) is 0. The standard InChI is InChI=1S/C6H7FN2O/c7-1-2-9-5-8-3-6(9)4-10/h3-5H,1-2H2. The number of carbonyl (C=O) groups is 1. The molecule has 0 N–H and O–H groups in total. The van der Waals surface area contributed by atoms with Gasteiger partial charge >= 0.3 is 0 Å². The Hall–Kier alpha value is -1.19. The molecule has 0 radical (unpaired) electrons. The van der Waals surface area contributed by atoms with Gasteiger partial charge in [-0.3, -0.25) is 4.79 Å². The van der Waals surface area contributed by atoms with Crippen molar-refractivity contribution in [2.24, 2.45) is 0 Å². The predicted octanol–water partition coefficient (Wildman–Crippen LogP) is 0.665. The summed E-state index contributed by atoms with van der Waals surface area (Å²) in [6.07, 6.45) is 3.49. The van der Waals surface area contributed by atoms with Gasteiger partial charge in [-0.2, -0.15) is 0 Å². The zero-order chi connectivity index (χ0) is 7.40. The number of carbonyl (C=O) groups excluding carboxylic acids is 1. The van der Waals surface area contributed by atoms with Crippen LogP contribution in [-0.4, -0.2) is 22.5 Å². The van der Waals surface area contributed by atoms with Crippen LogP contribution in [0.5, 0.6) is 0 Å². The first-order valence-corrected chi connectivity index (χ1v) is 2.89. The third-order valence-corrected chi connectivity index (χ3v) is 1.19. The lowest BCUT2D eigenvalue weighted by atomic mass is 10.5. The maximum atomic E-state index is 11.7. The summed E-state index contributed by atoms with van der Waals surface area (Å²) in [7, 11) is 0. The van der Waals surface area contributed by atoms with E-state index in [0.29, 0.717) is 12.0 Å². The van der Waals surface area contributed by atoms with Crippen LogP contribution in [0.25, 0.3) is 0 Å². The van der Waals surface area contributed by atoms with Crippen LogP contribution in [0, 0.1) is 0 Å². The number of hydrogen-bond donors (Lipinski definition) is 0. The Balaban J connectivity index is 2.79. The molecule has 0 atom stereocenters. The lowest BCUT2D eigenvalue weighted by Crippen LogP contribution is -2.01. The highest BCUT2D eigenvalue weighted by Gasteiger charge is 1.97. The average Bonchev–Trinajstić information content (AvgIpc) is 2.36. The molecule has 0 unspecified atom stereocenters. The number of nitrogens with zero attached hydrogens (tertiary/aromatic N) is 2. The first-order chi connectivity index (χ1) is 4.88. The molecule has 10 heavy (non-hydrogen) atoms. The first-order valence-electron chi connectivity index (χ1n) is 2.89. The van der Waals surface area contributed by atoms with Gasteiger partial charge in [0.2, 0.25) is 0 Å². The number of imidazole rings is 1. The second kappa shape index (κ2) is 3.10. The Morgan fingerprint density at radius 3 is 3.20 bits per heavy atom. The van der Waals surface area contributed by atoms with Crippen LogP contribution in [0.3, 0.4) is 0 Å². The minimum absolute atomic E-state index is 0.202. The average molecular weight is 142 g/mol. The fourth-order valence-electron chi connectivity index (χ4n) is 0.707. The maximum absolute atomic E-state index is 11.7. The van der Waals surface area contributed by atoms with Crippen molar-refractivity contribution in [1.82, 2.24) is 9.55 Å². The van der Waals surface area contributed by atoms with Crippen LogP contribution in [0.15, 0.2) is 12.5 Å². The van der Waals surface area contributed by atoms with Gasteiger partial charge < -0.3 is 4.57 Å². The predicted molar refractivity (Wildman–Crippen MR) is 33.6 cm³/mol. The molecule has 0 aliphatic heterocycles. The number of halogens is 1. The van der Waals surface area contributed by atoms with Crippen molar-refractivity contribution in [3.8, 4) is 0 Å². The number of alkyl halides is 1. The SMILES string of the molecule is O=Cc1cncn1CCF. The molecular formula is C6H7FN2O. The minimum atomic E-state index is -0.475. The van der Waals surface area contributed by atoms with E-state index in [0.717, 1.165) is 0 Å². The Morgan fingerprint density at radius 2 is 2.60 bits per heavy atom. The molecule has 0 spiro atoms. The van der Waals surface area contributed by atoms with Crippen molar-refractivity contribution in [1.29, 1.82) is 0 Å².